The average Bonchev–Trinajstić information content (AvgIpc) is 2.13. The van der Waals surface area contributed by atoms with Gasteiger partial charge < -0.3 is 10.8 Å². The first kappa shape index (κ1) is 10.4. The van der Waals surface area contributed by atoms with Crippen molar-refractivity contribution in [2.24, 2.45) is 5.73 Å². The lowest BCUT2D eigenvalue weighted by Gasteiger charge is -2.09. The molecule has 0 aliphatic rings. The van der Waals surface area contributed by atoms with Crippen LogP contribution in [0.25, 0.3) is 0 Å². The van der Waals surface area contributed by atoms with Gasteiger partial charge in [-0.05, 0) is 6.07 Å². The molecule has 0 fully saturated rings. The molecule has 0 saturated carbocycles. The second-order valence-corrected chi connectivity index (χ2v) is 2.89. The SMILES string of the molecule is NCC(O)c1ccc(F)c(Cl)c1F. The highest BCUT2D eigenvalue weighted by atomic mass is 35.5. The Morgan fingerprint density at radius 3 is 2.62 bits per heavy atom. The van der Waals surface area contributed by atoms with Crippen molar-refractivity contribution in [3.8, 4) is 0 Å². The van der Waals surface area contributed by atoms with Gasteiger partial charge in [-0.3, -0.25) is 0 Å². The number of aliphatic hydroxyl groups is 1. The van der Waals surface area contributed by atoms with E-state index in [0.717, 1.165) is 12.1 Å². The van der Waals surface area contributed by atoms with E-state index in [1.54, 1.807) is 0 Å². The van der Waals surface area contributed by atoms with Crippen LogP contribution in [0, 0.1) is 11.6 Å². The number of halogens is 3. The molecule has 1 rings (SSSR count). The summed E-state index contributed by atoms with van der Waals surface area (Å²) < 4.78 is 25.8. The summed E-state index contributed by atoms with van der Waals surface area (Å²) in [4.78, 5) is 0. The molecular formula is C8H8ClF2NO. The molecule has 0 radical (unpaired) electrons. The van der Waals surface area contributed by atoms with Gasteiger partial charge in [0.2, 0.25) is 0 Å². The summed E-state index contributed by atoms with van der Waals surface area (Å²) in [6.45, 7) is -0.140. The number of nitrogens with two attached hydrogens (primary N) is 1. The molecule has 0 amide bonds. The monoisotopic (exact) mass is 207 g/mol. The largest absolute Gasteiger partial charge is 0.387 e. The fourth-order valence-electron chi connectivity index (χ4n) is 0.925. The van der Waals surface area contributed by atoms with Crippen molar-refractivity contribution in [1.29, 1.82) is 0 Å². The zero-order valence-electron chi connectivity index (χ0n) is 6.60. The van der Waals surface area contributed by atoms with Crippen LogP contribution in [0.15, 0.2) is 12.1 Å². The van der Waals surface area contributed by atoms with Crippen LogP contribution in [0.4, 0.5) is 8.78 Å². The average molecular weight is 208 g/mol. The Hall–Kier alpha value is -0.710. The second kappa shape index (κ2) is 4.00. The zero-order valence-corrected chi connectivity index (χ0v) is 7.35. The van der Waals surface area contributed by atoms with E-state index in [1.165, 1.54) is 0 Å². The molecule has 0 saturated heterocycles. The van der Waals surface area contributed by atoms with Crippen LogP contribution in [-0.4, -0.2) is 11.7 Å². The molecular weight excluding hydrogens is 200 g/mol. The molecule has 0 spiro atoms. The van der Waals surface area contributed by atoms with Crippen LogP contribution in [0.2, 0.25) is 5.02 Å². The standard InChI is InChI=1S/C8H8ClF2NO/c9-7-5(10)2-1-4(8(7)11)6(13)3-12/h1-2,6,13H,3,12H2. The molecule has 72 valence electrons. The normalized spacial score (nSPS) is 13.0. The van der Waals surface area contributed by atoms with Crippen LogP contribution in [0.5, 0.6) is 0 Å². The lowest BCUT2D eigenvalue weighted by atomic mass is 10.1. The summed E-state index contributed by atoms with van der Waals surface area (Å²) in [5.74, 6) is -1.81. The van der Waals surface area contributed by atoms with Crippen molar-refractivity contribution >= 4 is 11.6 Å². The molecule has 2 nitrogen and oxygen atoms in total. The molecule has 1 atom stereocenters. The van der Waals surface area contributed by atoms with Crippen LogP contribution >= 0.6 is 11.6 Å². The summed E-state index contributed by atoms with van der Waals surface area (Å²) in [6, 6.07) is 2.10. The Balaban J connectivity index is 3.18. The van der Waals surface area contributed by atoms with Crippen LogP contribution < -0.4 is 5.73 Å². The van der Waals surface area contributed by atoms with Crippen molar-refractivity contribution < 1.29 is 13.9 Å². The van der Waals surface area contributed by atoms with Gasteiger partial charge >= 0.3 is 0 Å². The van der Waals surface area contributed by atoms with Gasteiger partial charge in [-0.2, -0.15) is 0 Å². The number of hydrogen-bond donors (Lipinski definition) is 2. The van der Waals surface area contributed by atoms with Crippen molar-refractivity contribution in [2.75, 3.05) is 6.54 Å². The number of benzene rings is 1. The minimum absolute atomic E-state index is 0.0890. The lowest BCUT2D eigenvalue weighted by molar-refractivity contribution is 0.181. The molecule has 5 heteroatoms. The minimum atomic E-state index is -1.15. The molecule has 1 unspecified atom stereocenters. The fourth-order valence-corrected chi connectivity index (χ4v) is 1.10. The quantitative estimate of drug-likeness (QED) is 0.724. The maximum Gasteiger partial charge on any atom is 0.150 e. The highest BCUT2D eigenvalue weighted by Gasteiger charge is 2.16. The van der Waals surface area contributed by atoms with Gasteiger partial charge in [0.15, 0.2) is 5.82 Å². The van der Waals surface area contributed by atoms with E-state index in [4.69, 9.17) is 17.3 Å². The van der Waals surface area contributed by atoms with Gasteiger partial charge in [0.25, 0.3) is 0 Å². The molecule has 0 bridgehead atoms. The fraction of sp³-hybridized carbons (Fsp3) is 0.250. The van der Waals surface area contributed by atoms with E-state index in [9.17, 15) is 13.9 Å². The van der Waals surface area contributed by atoms with E-state index in [0.29, 0.717) is 0 Å². The third kappa shape index (κ3) is 1.96. The Bertz CT molecular complexity index is 319. The zero-order chi connectivity index (χ0) is 10.0. The molecule has 0 aliphatic carbocycles. The van der Waals surface area contributed by atoms with Crippen molar-refractivity contribution in [2.45, 2.75) is 6.10 Å². The van der Waals surface area contributed by atoms with E-state index in [-0.39, 0.29) is 12.1 Å². The topological polar surface area (TPSA) is 46.2 Å². The minimum Gasteiger partial charge on any atom is -0.387 e. The Morgan fingerprint density at radius 1 is 1.46 bits per heavy atom. The Morgan fingerprint density at radius 2 is 2.08 bits per heavy atom. The van der Waals surface area contributed by atoms with Gasteiger partial charge in [-0.25, -0.2) is 8.78 Å². The highest BCUT2D eigenvalue weighted by Crippen LogP contribution is 2.25. The van der Waals surface area contributed by atoms with Gasteiger partial charge in [-0.1, -0.05) is 17.7 Å². The lowest BCUT2D eigenvalue weighted by Crippen LogP contribution is -2.13. The predicted octanol–water partition coefficient (Wildman–Crippen LogP) is 1.61. The highest BCUT2D eigenvalue weighted by molar-refractivity contribution is 6.30. The van der Waals surface area contributed by atoms with E-state index < -0.39 is 22.8 Å². The van der Waals surface area contributed by atoms with E-state index in [2.05, 4.69) is 0 Å². The maximum absolute atomic E-state index is 13.1. The molecule has 13 heavy (non-hydrogen) atoms. The molecule has 0 aliphatic heterocycles. The van der Waals surface area contributed by atoms with E-state index in [1.807, 2.05) is 0 Å². The summed E-state index contributed by atoms with van der Waals surface area (Å²) >= 11 is 5.28. The third-order valence-electron chi connectivity index (χ3n) is 1.65. The summed E-state index contributed by atoms with van der Waals surface area (Å²) in [6.07, 6.45) is -1.15. The Labute approximate surface area is 78.9 Å². The van der Waals surface area contributed by atoms with Gasteiger partial charge in [-0.15, -0.1) is 0 Å². The Kier molecular flexibility index (Phi) is 3.19. The number of rotatable bonds is 2. The molecule has 0 aromatic heterocycles. The third-order valence-corrected chi connectivity index (χ3v) is 1.99. The summed E-state index contributed by atoms with van der Waals surface area (Å²) in [5.41, 5.74) is 5.02. The smallest absolute Gasteiger partial charge is 0.150 e. The summed E-state index contributed by atoms with van der Waals surface area (Å²) in [5, 5.41) is 8.56. The van der Waals surface area contributed by atoms with Crippen molar-refractivity contribution in [1.82, 2.24) is 0 Å². The second-order valence-electron chi connectivity index (χ2n) is 2.52. The molecule has 0 heterocycles. The first-order valence-electron chi connectivity index (χ1n) is 3.59. The van der Waals surface area contributed by atoms with Crippen LogP contribution in [0.3, 0.4) is 0 Å². The number of hydrogen-bond acceptors (Lipinski definition) is 2. The molecule has 1 aromatic rings. The molecule has 3 N–H and O–H groups in total. The number of aliphatic hydroxyl groups excluding tert-OH is 1. The van der Waals surface area contributed by atoms with Gasteiger partial charge in [0.05, 0.1) is 6.10 Å². The van der Waals surface area contributed by atoms with Crippen molar-refractivity contribution in [3.05, 3.63) is 34.4 Å². The predicted molar refractivity (Wildman–Crippen MR) is 45.4 cm³/mol. The van der Waals surface area contributed by atoms with Crippen LogP contribution in [-0.2, 0) is 0 Å². The van der Waals surface area contributed by atoms with Crippen molar-refractivity contribution in [3.63, 3.8) is 0 Å². The molecule has 1 aromatic carbocycles. The van der Waals surface area contributed by atoms with Gasteiger partial charge in [0.1, 0.15) is 10.8 Å². The van der Waals surface area contributed by atoms with E-state index >= 15 is 0 Å². The van der Waals surface area contributed by atoms with Crippen LogP contribution in [0.1, 0.15) is 11.7 Å². The van der Waals surface area contributed by atoms with Gasteiger partial charge in [0, 0.05) is 12.1 Å². The first-order chi connectivity index (χ1) is 6.07. The maximum atomic E-state index is 13.1. The first-order valence-corrected chi connectivity index (χ1v) is 3.97. The summed E-state index contributed by atoms with van der Waals surface area (Å²) in [7, 11) is 0.